The van der Waals surface area contributed by atoms with E-state index in [9.17, 15) is 9.18 Å². The molecule has 1 rings (SSSR count). The van der Waals surface area contributed by atoms with Gasteiger partial charge in [-0.05, 0) is 53.4 Å². The van der Waals surface area contributed by atoms with Crippen molar-refractivity contribution in [1.82, 2.24) is 0 Å². The summed E-state index contributed by atoms with van der Waals surface area (Å²) in [5.74, 6) is -1.05. The number of carbonyl (C=O) groups excluding carboxylic acids is 1. The molecule has 1 amide bonds. The van der Waals surface area contributed by atoms with E-state index in [1.807, 2.05) is 0 Å². The van der Waals surface area contributed by atoms with E-state index < -0.39 is 17.1 Å². The highest BCUT2D eigenvalue weighted by Gasteiger charge is 2.40. The number of nitrogens with two attached hydrogens (primary N) is 1. The first kappa shape index (κ1) is 17.4. The zero-order chi connectivity index (χ0) is 16.2. The predicted molar refractivity (Wildman–Crippen MR) is 83.9 cm³/mol. The SMILES string of the molecule is CCC(CC)(C(=O)Nc1cc(F)c(Br)cc1C)/C(N)=N/O. The first-order valence-corrected chi connectivity index (χ1v) is 7.36. The van der Waals surface area contributed by atoms with Gasteiger partial charge in [-0.15, -0.1) is 0 Å². The monoisotopic (exact) mass is 359 g/mol. The second-order valence-electron chi connectivity index (χ2n) is 4.81. The fourth-order valence-corrected chi connectivity index (χ4v) is 2.63. The summed E-state index contributed by atoms with van der Waals surface area (Å²) in [7, 11) is 0. The molecule has 1 aromatic carbocycles. The zero-order valence-electron chi connectivity index (χ0n) is 12.2. The number of amidine groups is 1. The summed E-state index contributed by atoms with van der Waals surface area (Å²) in [4.78, 5) is 12.5. The molecule has 0 fully saturated rings. The smallest absolute Gasteiger partial charge is 0.238 e. The Kier molecular flexibility index (Phi) is 5.71. The van der Waals surface area contributed by atoms with Gasteiger partial charge in [-0.25, -0.2) is 4.39 Å². The van der Waals surface area contributed by atoms with Crippen LogP contribution in [-0.2, 0) is 4.79 Å². The Morgan fingerprint density at radius 3 is 2.52 bits per heavy atom. The molecule has 0 bridgehead atoms. The molecule has 0 aliphatic heterocycles. The molecule has 5 nitrogen and oxygen atoms in total. The lowest BCUT2D eigenvalue weighted by atomic mass is 9.80. The van der Waals surface area contributed by atoms with E-state index in [1.54, 1.807) is 26.8 Å². The highest BCUT2D eigenvalue weighted by atomic mass is 79.9. The highest BCUT2D eigenvalue weighted by molar-refractivity contribution is 9.10. The third-order valence-corrected chi connectivity index (χ3v) is 4.36. The van der Waals surface area contributed by atoms with Gasteiger partial charge in [0.2, 0.25) is 5.91 Å². The topological polar surface area (TPSA) is 87.7 Å². The van der Waals surface area contributed by atoms with E-state index >= 15 is 0 Å². The summed E-state index contributed by atoms with van der Waals surface area (Å²) in [6, 6.07) is 2.81. The first-order valence-electron chi connectivity index (χ1n) is 6.57. The Labute approximate surface area is 131 Å². The van der Waals surface area contributed by atoms with Crippen LogP contribution in [0.5, 0.6) is 0 Å². The molecule has 0 atom stereocenters. The maximum atomic E-state index is 13.6. The van der Waals surface area contributed by atoms with Gasteiger partial charge in [-0.1, -0.05) is 19.0 Å². The Balaban J connectivity index is 3.17. The minimum atomic E-state index is -1.12. The summed E-state index contributed by atoms with van der Waals surface area (Å²) >= 11 is 3.09. The van der Waals surface area contributed by atoms with E-state index in [4.69, 9.17) is 10.9 Å². The Morgan fingerprint density at radius 2 is 2.05 bits per heavy atom. The number of anilines is 1. The Morgan fingerprint density at radius 1 is 1.48 bits per heavy atom. The van der Waals surface area contributed by atoms with Gasteiger partial charge in [0.05, 0.1) is 4.47 Å². The molecule has 0 aliphatic rings. The fourth-order valence-electron chi connectivity index (χ4n) is 2.17. The molecule has 0 radical (unpaired) electrons. The average Bonchev–Trinajstić information content (AvgIpc) is 2.46. The van der Waals surface area contributed by atoms with Gasteiger partial charge in [0.25, 0.3) is 0 Å². The largest absolute Gasteiger partial charge is 0.409 e. The van der Waals surface area contributed by atoms with Crippen LogP contribution in [0.25, 0.3) is 0 Å². The van der Waals surface area contributed by atoms with Gasteiger partial charge < -0.3 is 16.3 Å². The standard InChI is InChI=1S/C14H19BrFN3O2/c1-4-14(5-2,12(17)19-21)13(20)18-11-7-10(16)9(15)6-8(11)3/h6-7,21H,4-5H2,1-3H3,(H2,17,19)(H,18,20). The van der Waals surface area contributed by atoms with Crippen molar-refractivity contribution in [1.29, 1.82) is 0 Å². The van der Waals surface area contributed by atoms with Gasteiger partial charge in [0.15, 0.2) is 5.84 Å². The lowest BCUT2D eigenvalue weighted by Gasteiger charge is -2.29. The van der Waals surface area contributed by atoms with Crippen LogP contribution in [0.4, 0.5) is 10.1 Å². The van der Waals surface area contributed by atoms with Crippen molar-refractivity contribution in [3.8, 4) is 0 Å². The second-order valence-corrected chi connectivity index (χ2v) is 5.66. The van der Waals surface area contributed by atoms with Crippen LogP contribution in [0.1, 0.15) is 32.3 Å². The van der Waals surface area contributed by atoms with Gasteiger partial charge in [0, 0.05) is 5.69 Å². The fraction of sp³-hybridized carbons (Fsp3) is 0.429. The number of amides is 1. The minimum absolute atomic E-state index is 0.153. The molecule has 0 spiro atoms. The Hall–Kier alpha value is -1.63. The number of hydrogen-bond donors (Lipinski definition) is 3. The van der Waals surface area contributed by atoms with Gasteiger partial charge in [-0.3, -0.25) is 4.79 Å². The van der Waals surface area contributed by atoms with Crippen molar-refractivity contribution >= 4 is 33.4 Å². The van der Waals surface area contributed by atoms with Crippen molar-refractivity contribution < 1.29 is 14.4 Å². The highest BCUT2D eigenvalue weighted by Crippen LogP contribution is 2.30. The molecule has 116 valence electrons. The van der Waals surface area contributed by atoms with Gasteiger partial charge in [-0.2, -0.15) is 0 Å². The minimum Gasteiger partial charge on any atom is -0.409 e. The average molecular weight is 360 g/mol. The Bertz CT molecular complexity index is 572. The van der Waals surface area contributed by atoms with Crippen molar-refractivity contribution in [2.75, 3.05) is 5.32 Å². The maximum absolute atomic E-state index is 13.6. The van der Waals surface area contributed by atoms with Crippen molar-refractivity contribution in [3.05, 3.63) is 28.0 Å². The van der Waals surface area contributed by atoms with E-state index in [0.717, 1.165) is 0 Å². The molecule has 0 aromatic heterocycles. The van der Waals surface area contributed by atoms with Crippen molar-refractivity contribution in [3.63, 3.8) is 0 Å². The van der Waals surface area contributed by atoms with Crippen LogP contribution >= 0.6 is 15.9 Å². The number of carbonyl (C=O) groups is 1. The predicted octanol–water partition coefficient (Wildman–Crippen LogP) is 3.39. The van der Waals surface area contributed by atoms with Crippen LogP contribution < -0.4 is 11.1 Å². The summed E-state index contributed by atoms with van der Waals surface area (Å²) in [6.07, 6.45) is 0.729. The van der Waals surface area contributed by atoms with E-state index in [0.29, 0.717) is 28.6 Å². The van der Waals surface area contributed by atoms with E-state index in [2.05, 4.69) is 26.4 Å². The molecule has 0 unspecified atom stereocenters. The summed E-state index contributed by atoms with van der Waals surface area (Å²) in [5, 5.41) is 14.5. The number of nitrogens with zero attached hydrogens (tertiary/aromatic N) is 1. The number of aryl methyl sites for hydroxylation is 1. The lowest BCUT2D eigenvalue weighted by Crippen LogP contribution is -2.46. The number of nitrogens with one attached hydrogen (secondary N) is 1. The summed E-state index contributed by atoms with van der Waals surface area (Å²) < 4.78 is 13.9. The molecule has 7 heteroatoms. The third kappa shape index (κ3) is 3.34. The number of halogens is 2. The quantitative estimate of drug-likeness (QED) is 0.326. The number of benzene rings is 1. The number of rotatable bonds is 5. The van der Waals surface area contributed by atoms with Gasteiger partial charge in [0.1, 0.15) is 11.2 Å². The van der Waals surface area contributed by atoms with Crippen LogP contribution in [0, 0.1) is 18.2 Å². The zero-order valence-corrected chi connectivity index (χ0v) is 13.8. The second kappa shape index (κ2) is 6.89. The maximum Gasteiger partial charge on any atom is 0.238 e. The molecular weight excluding hydrogens is 341 g/mol. The van der Waals surface area contributed by atoms with E-state index in [1.165, 1.54) is 6.07 Å². The molecular formula is C14H19BrFN3O2. The van der Waals surface area contributed by atoms with E-state index in [-0.39, 0.29) is 5.84 Å². The summed E-state index contributed by atoms with van der Waals surface area (Å²) in [6.45, 7) is 5.30. The van der Waals surface area contributed by atoms with Crippen molar-refractivity contribution in [2.24, 2.45) is 16.3 Å². The third-order valence-electron chi connectivity index (χ3n) is 3.76. The van der Waals surface area contributed by atoms with Crippen LogP contribution in [0.3, 0.4) is 0 Å². The summed E-state index contributed by atoms with van der Waals surface area (Å²) in [5.41, 5.74) is 5.62. The molecule has 0 saturated heterocycles. The molecule has 1 aromatic rings. The molecule has 0 heterocycles. The molecule has 4 N–H and O–H groups in total. The molecule has 0 aliphatic carbocycles. The van der Waals surface area contributed by atoms with Crippen LogP contribution in [0.2, 0.25) is 0 Å². The first-order chi connectivity index (χ1) is 9.82. The lowest BCUT2D eigenvalue weighted by molar-refractivity contribution is -0.122. The molecule has 0 saturated carbocycles. The molecule has 21 heavy (non-hydrogen) atoms. The normalized spacial score (nSPS) is 12.3. The van der Waals surface area contributed by atoms with Crippen molar-refractivity contribution in [2.45, 2.75) is 33.6 Å². The number of oxime groups is 1. The van der Waals surface area contributed by atoms with Gasteiger partial charge >= 0.3 is 0 Å². The number of hydrogen-bond acceptors (Lipinski definition) is 3. The van der Waals surface area contributed by atoms with Crippen LogP contribution in [-0.4, -0.2) is 17.0 Å². The van der Waals surface area contributed by atoms with Crippen LogP contribution in [0.15, 0.2) is 21.8 Å².